The van der Waals surface area contributed by atoms with Crippen LogP contribution in [-0.2, 0) is 28.7 Å². The van der Waals surface area contributed by atoms with Crippen molar-refractivity contribution in [2.24, 2.45) is 17.3 Å². The lowest BCUT2D eigenvalue weighted by molar-refractivity contribution is -0.173. The summed E-state index contributed by atoms with van der Waals surface area (Å²) < 4.78 is 9.79. The van der Waals surface area contributed by atoms with Crippen LogP contribution in [0, 0.1) is 29.6 Å². The number of carbonyl (C=O) groups is 4. The number of ether oxygens (including phenoxy) is 2. The zero-order valence-corrected chi connectivity index (χ0v) is 20.4. The molecule has 2 aliphatic rings. The number of amides is 2. The monoisotopic (exact) mass is 475 g/mol. The quantitative estimate of drug-likeness (QED) is 0.236. The zero-order valence-electron chi connectivity index (χ0n) is 20.4. The Hall–Kier alpha value is -2.86. The van der Waals surface area contributed by atoms with Crippen LogP contribution in [-0.4, -0.2) is 67.7 Å². The van der Waals surface area contributed by atoms with E-state index in [9.17, 15) is 19.2 Å². The summed E-state index contributed by atoms with van der Waals surface area (Å²) in [4.78, 5) is 50.8. The molecule has 0 aliphatic carbocycles. The second-order valence-corrected chi connectivity index (χ2v) is 9.82. The van der Waals surface area contributed by atoms with E-state index in [-0.39, 0.29) is 18.2 Å². The summed E-state index contributed by atoms with van der Waals surface area (Å²) in [6.07, 6.45) is 12.2. The Balaban J connectivity index is 1.78. The summed E-state index contributed by atoms with van der Waals surface area (Å²) in [5.41, 5.74) is -0.708. The maximum atomic E-state index is 12.7. The Labute approximate surface area is 202 Å². The highest BCUT2D eigenvalue weighted by Crippen LogP contribution is 2.19. The lowest BCUT2D eigenvalue weighted by Crippen LogP contribution is -2.47. The SMILES string of the molecule is C#C[C@H](CC(=O)OCOC(=O)C(C)(C)C)NC(=O)[C@@H]1CCCN(C(=O)/C=C/C2CCNCC2)C1. The van der Waals surface area contributed by atoms with Gasteiger partial charge in [0.1, 0.15) is 6.04 Å². The number of hydrogen-bond donors (Lipinski definition) is 2. The largest absolute Gasteiger partial charge is 0.428 e. The van der Waals surface area contributed by atoms with Gasteiger partial charge in [0.25, 0.3) is 0 Å². The van der Waals surface area contributed by atoms with Gasteiger partial charge < -0.3 is 25.0 Å². The van der Waals surface area contributed by atoms with Crippen LogP contribution in [0.5, 0.6) is 0 Å². The summed E-state index contributed by atoms with van der Waals surface area (Å²) in [5, 5.41) is 5.99. The molecular weight excluding hydrogens is 438 g/mol. The lowest BCUT2D eigenvalue weighted by Gasteiger charge is -2.32. The van der Waals surface area contributed by atoms with E-state index in [1.807, 2.05) is 6.08 Å². The fourth-order valence-corrected chi connectivity index (χ4v) is 3.78. The van der Waals surface area contributed by atoms with E-state index in [2.05, 4.69) is 16.6 Å². The number of esters is 2. The van der Waals surface area contributed by atoms with Gasteiger partial charge in [-0.1, -0.05) is 12.0 Å². The second-order valence-electron chi connectivity index (χ2n) is 9.82. The van der Waals surface area contributed by atoms with Crippen LogP contribution in [0.25, 0.3) is 0 Å². The van der Waals surface area contributed by atoms with Gasteiger partial charge in [-0.3, -0.25) is 19.2 Å². The Bertz CT molecular complexity index is 804. The van der Waals surface area contributed by atoms with E-state index in [1.165, 1.54) is 0 Å². The third-order valence-electron chi connectivity index (χ3n) is 5.91. The fourth-order valence-electron chi connectivity index (χ4n) is 3.78. The summed E-state index contributed by atoms with van der Waals surface area (Å²) in [6, 6.07) is -0.857. The average molecular weight is 476 g/mol. The van der Waals surface area contributed by atoms with Gasteiger partial charge in [0.15, 0.2) is 0 Å². The molecule has 2 rings (SSSR count). The Morgan fingerprint density at radius 3 is 2.53 bits per heavy atom. The molecule has 0 aromatic rings. The first-order valence-corrected chi connectivity index (χ1v) is 11.9. The first-order valence-electron chi connectivity index (χ1n) is 11.9. The van der Waals surface area contributed by atoms with Crippen molar-refractivity contribution in [3.8, 4) is 12.3 Å². The summed E-state index contributed by atoms with van der Waals surface area (Å²) in [7, 11) is 0. The standard InChI is InChI=1S/C25H37N3O6/c1-5-20(15-22(30)33-17-34-24(32)25(2,3)4)27-23(31)19-7-6-14-28(16-19)21(29)9-8-18-10-12-26-13-11-18/h1,8-9,18-20,26H,6-7,10-17H2,2-4H3,(H,27,31)/b9-8+/t19-,20-/m1/s1. The number of nitrogens with zero attached hydrogens (tertiary/aromatic N) is 1. The predicted molar refractivity (Wildman–Crippen MR) is 126 cm³/mol. The molecule has 9 nitrogen and oxygen atoms in total. The smallest absolute Gasteiger partial charge is 0.314 e. The van der Waals surface area contributed by atoms with Crippen LogP contribution < -0.4 is 10.6 Å². The molecule has 0 aromatic heterocycles. The topological polar surface area (TPSA) is 114 Å². The highest BCUT2D eigenvalue weighted by Gasteiger charge is 2.29. The molecule has 0 aromatic carbocycles. The molecule has 0 saturated carbocycles. The number of hydrogen-bond acceptors (Lipinski definition) is 7. The number of piperidine rings is 2. The molecule has 0 unspecified atom stereocenters. The minimum Gasteiger partial charge on any atom is -0.428 e. The van der Waals surface area contributed by atoms with Gasteiger partial charge >= 0.3 is 11.9 Å². The van der Waals surface area contributed by atoms with E-state index < -0.39 is 36.1 Å². The third-order valence-corrected chi connectivity index (χ3v) is 5.91. The van der Waals surface area contributed by atoms with Gasteiger partial charge in [0.2, 0.25) is 18.6 Å². The molecule has 0 spiro atoms. The number of likely N-dealkylation sites (tertiary alicyclic amines) is 1. The molecule has 2 saturated heterocycles. The number of rotatable bonds is 8. The van der Waals surface area contributed by atoms with Crippen molar-refractivity contribution in [3.63, 3.8) is 0 Å². The van der Waals surface area contributed by atoms with Crippen LogP contribution in [0.15, 0.2) is 12.2 Å². The molecule has 2 heterocycles. The summed E-state index contributed by atoms with van der Waals surface area (Å²) in [6.45, 7) is 7.39. The fraction of sp³-hybridized carbons (Fsp3) is 0.680. The molecule has 2 fully saturated rings. The maximum absolute atomic E-state index is 12.7. The van der Waals surface area contributed by atoms with Gasteiger partial charge in [0.05, 0.1) is 17.8 Å². The minimum atomic E-state index is -0.857. The summed E-state index contributed by atoms with van der Waals surface area (Å²) >= 11 is 0. The Morgan fingerprint density at radius 1 is 1.18 bits per heavy atom. The molecule has 2 amide bonds. The van der Waals surface area contributed by atoms with Crippen LogP contribution in [0.4, 0.5) is 0 Å². The van der Waals surface area contributed by atoms with Crippen molar-refractivity contribution in [1.82, 2.24) is 15.5 Å². The van der Waals surface area contributed by atoms with E-state index in [0.29, 0.717) is 31.8 Å². The number of allylic oxidation sites excluding steroid dienone is 1. The number of terminal acetylenes is 1. The zero-order chi connectivity index (χ0) is 25.1. The van der Waals surface area contributed by atoms with Crippen molar-refractivity contribution in [2.45, 2.75) is 58.9 Å². The summed E-state index contributed by atoms with van der Waals surface area (Å²) in [5.74, 6) is 0.821. The molecule has 34 heavy (non-hydrogen) atoms. The molecule has 188 valence electrons. The van der Waals surface area contributed by atoms with Crippen molar-refractivity contribution >= 4 is 23.8 Å². The van der Waals surface area contributed by atoms with Crippen molar-refractivity contribution in [3.05, 3.63) is 12.2 Å². The van der Waals surface area contributed by atoms with Gasteiger partial charge in [-0.05, 0) is 71.5 Å². The molecule has 0 bridgehead atoms. The number of nitrogens with one attached hydrogen (secondary N) is 2. The normalized spacial score (nSPS) is 20.3. The van der Waals surface area contributed by atoms with Gasteiger partial charge in [-0.2, -0.15) is 0 Å². The van der Waals surface area contributed by atoms with E-state index >= 15 is 0 Å². The van der Waals surface area contributed by atoms with Crippen molar-refractivity contribution < 1.29 is 28.7 Å². The van der Waals surface area contributed by atoms with Crippen molar-refractivity contribution in [2.75, 3.05) is 33.0 Å². The van der Waals surface area contributed by atoms with Crippen LogP contribution in [0.1, 0.15) is 52.9 Å². The number of carbonyl (C=O) groups excluding carboxylic acids is 4. The van der Waals surface area contributed by atoms with Gasteiger partial charge in [-0.25, -0.2) is 0 Å². The molecular formula is C25H37N3O6. The third kappa shape index (κ3) is 9.18. The Kier molecular flexibility index (Phi) is 10.6. The van der Waals surface area contributed by atoms with Crippen molar-refractivity contribution in [1.29, 1.82) is 0 Å². The van der Waals surface area contributed by atoms with Gasteiger partial charge in [-0.15, -0.1) is 6.42 Å². The molecule has 9 heteroatoms. The first kappa shape index (κ1) is 27.4. The second kappa shape index (κ2) is 13.1. The van der Waals surface area contributed by atoms with E-state index in [4.69, 9.17) is 15.9 Å². The molecule has 2 atom stereocenters. The Morgan fingerprint density at radius 2 is 1.88 bits per heavy atom. The molecule has 2 N–H and O–H groups in total. The van der Waals surface area contributed by atoms with Crippen LogP contribution >= 0.6 is 0 Å². The maximum Gasteiger partial charge on any atom is 0.314 e. The van der Waals surface area contributed by atoms with Gasteiger partial charge in [0, 0.05) is 13.1 Å². The van der Waals surface area contributed by atoms with Crippen LogP contribution in [0.2, 0.25) is 0 Å². The van der Waals surface area contributed by atoms with Crippen LogP contribution in [0.3, 0.4) is 0 Å². The van der Waals surface area contributed by atoms with E-state index in [1.54, 1.807) is 31.7 Å². The average Bonchev–Trinajstić information content (AvgIpc) is 2.82. The lowest BCUT2D eigenvalue weighted by atomic mass is 9.95. The van der Waals surface area contributed by atoms with E-state index in [0.717, 1.165) is 25.9 Å². The minimum absolute atomic E-state index is 0.0853. The molecule has 2 aliphatic heterocycles. The molecule has 0 radical (unpaired) electrons. The first-order chi connectivity index (χ1) is 16.1. The predicted octanol–water partition coefficient (Wildman–Crippen LogP) is 1.38. The highest BCUT2D eigenvalue weighted by atomic mass is 16.7. The highest BCUT2D eigenvalue weighted by molar-refractivity contribution is 5.88.